The molecule has 0 amide bonds. The molecule has 0 atom stereocenters. The molecule has 0 fully saturated rings. The Kier molecular flexibility index (Phi) is 2.79. The SMILES string of the molecule is COc1cc(F)nc(CC(=O)O)c1. The minimum Gasteiger partial charge on any atom is -0.497 e. The molecule has 0 saturated carbocycles. The average molecular weight is 185 g/mol. The number of halogens is 1. The van der Waals surface area contributed by atoms with Crippen molar-refractivity contribution < 1.29 is 19.0 Å². The first-order valence-electron chi connectivity index (χ1n) is 3.54. The summed E-state index contributed by atoms with van der Waals surface area (Å²) in [5.41, 5.74) is 0.143. The van der Waals surface area contributed by atoms with E-state index in [1.807, 2.05) is 0 Å². The van der Waals surface area contributed by atoms with Crippen LogP contribution in [0.3, 0.4) is 0 Å². The van der Waals surface area contributed by atoms with Crippen molar-refractivity contribution in [2.75, 3.05) is 7.11 Å². The lowest BCUT2D eigenvalue weighted by Crippen LogP contribution is -2.03. The Morgan fingerprint density at radius 1 is 1.69 bits per heavy atom. The second kappa shape index (κ2) is 3.84. The smallest absolute Gasteiger partial charge is 0.309 e. The highest BCUT2D eigenvalue weighted by Crippen LogP contribution is 2.12. The van der Waals surface area contributed by atoms with Crippen molar-refractivity contribution in [2.45, 2.75) is 6.42 Å². The highest BCUT2D eigenvalue weighted by Gasteiger charge is 2.06. The summed E-state index contributed by atoms with van der Waals surface area (Å²) in [4.78, 5) is 13.7. The van der Waals surface area contributed by atoms with Crippen LogP contribution in [0.5, 0.6) is 5.75 Å². The summed E-state index contributed by atoms with van der Waals surface area (Å²) in [7, 11) is 1.37. The molecule has 0 aliphatic rings. The predicted molar refractivity (Wildman–Crippen MR) is 42.1 cm³/mol. The van der Waals surface area contributed by atoms with E-state index in [1.165, 1.54) is 13.2 Å². The number of aliphatic carboxylic acids is 1. The Bertz CT molecular complexity index is 327. The standard InChI is InChI=1S/C8H8FNO3/c1-13-6-2-5(3-8(11)12)10-7(9)4-6/h2,4H,3H2,1H3,(H,11,12). The van der Waals surface area contributed by atoms with Gasteiger partial charge in [0.15, 0.2) is 0 Å². The van der Waals surface area contributed by atoms with Gasteiger partial charge in [0.2, 0.25) is 5.95 Å². The molecule has 13 heavy (non-hydrogen) atoms. The normalized spacial score (nSPS) is 9.69. The van der Waals surface area contributed by atoms with Crippen molar-refractivity contribution in [3.05, 3.63) is 23.8 Å². The lowest BCUT2D eigenvalue weighted by molar-refractivity contribution is -0.136. The Labute approximate surface area is 74.0 Å². The summed E-state index contributed by atoms with van der Waals surface area (Å²) in [6.07, 6.45) is -0.311. The molecule has 1 heterocycles. The Hall–Kier alpha value is -1.65. The summed E-state index contributed by atoms with van der Waals surface area (Å²) < 4.78 is 17.4. The minimum absolute atomic E-state index is 0.143. The average Bonchev–Trinajstić information content (AvgIpc) is 2.01. The highest BCUT2D eigenvalue weighted by atomic mass is 19.1. The molecule has 0 aliphatic carbocycles. The van der Waals surface area contributed by atoms with Crippen molar-refractivity contribution >= 4 is 5.97 Å². The third-order valence-electron chi connectivity index (χ3n) is 1.39. The summed E-state index contributed by atoms with van der Waals surface area (Å²) in [6.45, 7) is 0. The van der Waals surface area contributed by atoms with Crippen LogP contribution < -0.4 is 4.74 Å². The van der Waals surface area contributed by atoms with Gasteiger partial charge in [0.1, 0.15) is 5.75 Å². The molecule has 0 saturated heterocycles. The monoisotopic (exact) mass is 185 g/mol. The number of ether oxygens (including phenoxy) is 1. The number of carboxylic acids is 1. The fourth-order valence-electron chi connectivity index (χ4n) is 0.888. The van der Waals surface area contributed by atoms with E-state index in [-0.39, 0.29) is 17.9 Å². The largest absolute Gasteiger partial charge is 0.497 e. The fraction of sp³-hybridized carbons (Fsp3) is 0.250. The van der Waals surface area contributed by atoms with Crippen LogP contribution in [0.15, 0.2) is 12.1 Å². The molecule has 1 N–H and O–H groups in total. The van der Waals surface area contributed by atoms with Crippen LogP contribution in [0.4, 0.5) is 4.39 Å². The quantitative estimate of drug-likeness (QED) is 0.709. The number of rotatable bonds is 3. The van der Waals surface area contributed by atoms with Crippen LogP contribution in [0, 0.1) is 5.95 Å². The van der Waals surface area contributed by atoms with Crippen molar-refractivity contribution in [1.82, 2.24) is 4.98 Å². The third kappa shape index (κ3) is 2.70. The first kappa shape index (κ1) is 9.44. The summed E-state index contributed by atoms with van der Waals surface area (Å²) in [6, 6.07) is 2.47. The summed E-state index contributed by atoms with van der Waals surface area (Å²) in [5, 5.41) is 8.42. The summed E-state index contributed by atoms with van der Waals surface area (Å²) >= 11 is 0. The number of hydrogen-bond acceptors (Lipinski definition) is 3. The van der Waals surface area contributed by atoms with Crippen LogP contribution in [0.25, 0.3) is 0 Å². The second-order valence-electron chi connectivity index (χ2n) is 2.39. The van der Waals surface area contributed by atoms with Gasteiger partial charge in [-0.05, 0) is 0 Å². The van der Waals surface area contributed by atoms with Crippen LogP contribution in [0.2, 0.25) is 0 Å². The van der Waals surface area contributed by atoms with Gasteiger partial charge in [-0.25, -0.2) is 4.98 Å². The lowest BCUT2D eigenvalue weighted by atomic mass is 10.2. The number of pyridine rings is 1. The van der Waals surface area contributed by atoms with E-state index in [4.69, 9.17) is 9.84 Å². The molecular weight excluding hydrogens is 177 g/mol. The van der Waals surface area contributed by atoms with Crippen molar-refractivity contribution in [1.29, 1.82) is 0 Å². The number of hydrogen-bond donors (Lipinski definition) is 1. The van der Waals surface area contributed by atoms with Crippen molar-refractivity contribution in [3.8, 4) is 5.75 Å². The maximum absolute atomic E-state index is 12.7. The molecule has 4 nitrogen and oxygen atoms in total. The number of nitrogens with zero attached hydrogens (tertiary/aromatic N) is 1. The second-order valence-corrected chi connectivity index (χ2v) is 2.39. The zero-order chi connectivity index (χ0) is 9.84. The molecule has 0 spiro atoms. The molecule has 0 unspecified atom stereocenters. The maximum Gasteiger partial charge on any atom is 0.309 e. The Balaban J connectivity index is 2.94. The first-order valence-corrected chi connectivity index (χ1v) is 3.54. The van der Waals surface area contributed by atoms with Gasteiger partial charge in [0.25, 0.3) is 0 Å². The molecule has 1 aromatic heterocycles. The van der Waals surface area contributed by atoms with Crippen LogP contribution in [0.1, 0.15) is 5.69 Å². The van der Waals surface area contributed by atoms with Gasteiger partial charge >= 0.3 is 5.97 Å². The zero-order valence-electron chi connectivity index (χ0n) is 6.95. The van der Waals surface area contributed by atoms with Gasteiger partial charge in [-0.2, -0.15) is 4.39 Å². The number of carboxylic acid groups (broad SMARTS) is 1. The predicted octanol–water partition coefficient (Wildman–Crippen LogP) is 0.856. The lowest BCUT2D eigenvalue weighted by Gasteiger charge is -2.01. The minimum atomic E-state index is -1.06. The number of methoxy groups -OCH3 is 1. The van der Waals surface area contributed by atoms with E-state index in [0.29, 0.717) is 0 Å². The van der Waals surface area contributed by atoms with E-state index in [9.17, 15) is 9.18 Å². The zero-order valence-corrected chi connectivity index (χ0v) is 6.95. The van der Waals surface area contributed by atoms with Gasteiger partial charge < -0.3 is 9.84 Å². The van der Waals surface area contributed by atoms with Gasteiger partial charge in [-0.3, -0.25) is 4.79 Å². The topological polar surface area (TPSA) is 59.4 Å². The van der Waals surface area contributed by atoms with Gasteiger partial charge in [-0.1, -0.05) is 0 Å². The fourth-order valence-corrected chi connectivity index (χ4v) is 0.888. The molecule has 0 bridgehead atoms. The first-order chi connectivity index (χ1) is 6.11. The van der Waals surface area contributed by atoms with Crippen molar-refractivity contribution in [2.24, 2.45) is 0 Å². The summed E-state index contributed by atoms with van der Waals surface area (Å²) in [5.74, 6) is -1.53. The van der Waals surface area contributed by atoms with Crippen LogP contribution in [-0.4, -0.2) is 23.2 Å². The molecule has 0 aliphatic heterocycles. The van der Waals surface area contributed by atoms with E-state index >= 15 is 0 Å². The Morgan fingerprint density at radius 2 is 2.38 bits per heavy atom. The van der Waals surface area contributed by atoms with Gasteiger partial charge in [-0.15, -0.1) is 0 Å². The van der Waals surface area contributed by atoms with E-state index in [2.05, 4.69) is 4.98 Å². The Morgan fingerprint density at radius 3 is 2.92 bits per heavy atom. The van der Waals surface area contributed by atoms with Crippen LogP contribution >= 0.6 is 0 Å². The molecular formula is C8H8FNO3. The molecule has 1 aromatic rings. The van der Waals surface area contributed by atoms with Crippen molar-refractivity contribution in [3.63, 3.8) is 0 Å². The van der Waals surface area contributed by atoms with Gasteiger partial charge in [0, 0.05) is 12.1 Å². The molecule has 0 radical (unpaired) electrons. The van der Waals surface area contributed by atoms with E-state index < -0.39 is 11.9 Å². The number of carbonyl (C=O) groups is 1. The van der Waals surface area contributed by atoms with E-state index in [0.717, 1.165) is 6.07 Å². The molecule has 5 heteroatoms. The van der Waals surface area contributed by atoms with Gasteiger partial charge in [0.05, 0.1) is 19.2 Å². The highest BCUT2D eigenvalue weighted by molar-refractivity contribution is 5.69. The van der Waals surface area contributed by atoms with Crippen LogP contribution in [-0.2, 0) is 11.2 Å². The number of aromatic nitrogens is 1. The molecule has 70 valence electrons. The maximum atomic E-state index is 12.7. The van der Waals surface area contributed by atoms with E-state index in [1.54, 1.807) is 0 Å². The third-order valence-corrected chi connectivity index (χ3v) is 1.39. The molecule has 1 rings (SSSR count). The molecule has 0 aromatic carbocycles.